The number of H-pyrrole nitrogens is 2. The van der Waals surface area contributed by atoms with Crippen molar-refractivity contribution in [1.82, 2.24) is 25.1 Å². The fraction of sp³-hybridized carbons (Fsp3) is 0.150. The molecule has 4 aromatic rings. The molecule has 0 saturated heterocycles. The summed E-state index contributed by atoms with van der Waals surface area (Å²) < 4.78 is 38.6. The van der Waals surface area contributed by atoms with Crippen LogP contribution >= 0.6 is 0 Å². The molecule has 0 radical (unpaired) electrons. The van der Waals surface area contributed by atoms with Gasteiger partial charge in [0.05, 0.1) is 16.5 Å². The third kappa shape index (κ3) is 4.60. The molecular formula is C20H15F3N6O2. The van der Waals surface area contributed by atoms with Crippen molar-refractivity contribution in [3.05, 3.63) is 70.3 Å². The highest BCUT2D eigenvalue weighted by Gasteiger charge is 2.30. The van der Waals surface area contributed by atoms with E-state index in [9.17, 15) is 22.8 Å². The highest BCUT2D eigenvalue weighted by atomic mass is 19.4. The number of aryl methyl sites for hydroxylation is 1. The van der Waals surface area contributed by atoms with Crippen LogP contribution in [0.15, 0.2) is 53.3 Å². The lowest BCUT2D eigenvalue weighted by molar-refractivity contribution is -0.137. The van der Waals surface area contributed by atoms with Gasteiger partial charge in [-0.05, 0) is 24.3 Å². The van der Waals surface area contributed by atoms with E-state index in [1.807, 2.05) is 0 Å². The maximum absolute atomic E-state index is 12.9. The van der Waals surface area contributed by atoms with Gasteiger partial charge in [0.1, 0.15) is 5.82 Å². The van der Waals surface area contributed by atoms with Gasteiger partial charge in [-0.1, -0.05) is 24.3 Å². The highest BCUT2D eigenvalue weighted by molar-refractivity contribution is 5.89. The molecule has 8 nitrogen and oxygen atoms in total. The first-order valence-electron chi connectivity index (χ1n) is 9.17. The largest absolute Gasteiger partial charge is 0.416 e. The fourth-order valence-corrected chi connectivity index (χ4v) is 2.96. The van der Waals surface area contributed by atoms with Crippen molar-refractivity contribution >= 4 is 22.8 Å². The third-order valence-corrected chi connectivity index (χ3v) is 4.45. The number of anilines is 1. The number of hydrogen-bond acceptors (Lipinski definition) is 5. The lowest BCUT2D eigenvalue weighted by Gasteiger charge is -2.07. The molecule has 31 heavy (non-hydrogen) atoms. The SMILES string of the molecule is O=C(CCc1nc2ccccc2c(=O)[nH]1)Nc1n[nH]c(-c2cccc(C(F)(F)F)c2)n1. The topological polar surface area (TPSA) is 116 Å². The zero-order chi connectivity index (χ0) is 22.0. The van der Waals surface area contributed by atoms with E-state index in [0.29, 0.717) is 16.7 Å². The van der Waals surface area contributed by atoms with Gasteiger partial charge in [-0.25, -0.2) is 4.98 Å². The highest BCUT2D eigenvalue weighted by Crippen LogP contribution is 2.31. The molecule has 0 atom stereocenters. The third-order valence-electron chi connectivity index (χ3n) is 4.45. The standard InChI is InChI=1S/C20H15F3N6O2/c21-20(22,23)12-5-3-4-11(10-12)17-27-19(29-28-17)26-16(30)9-8-15-24-14-7-2-1-6-13(14)18(31)25-15/h1-7,10H,8-9H2,(H,24,25,31)(H2,26,27,28,29,30). The zero-order valence-electron chi connectivity index (χ0n) is 15.8. The number of carbonyl (C=O) groups is 1. The number of carbonyl (C=O) groups excluding carboxylic acids is 1. The molecule has 2 aromatic heterocycles. The number of nitrogens with one attached hydrogen (secondary N) is 3. The second-order valence-electron chi connectivity index (χ2n) is 6.66. The summed E-state index contributed by atoms with van der Waals surface area (Å²) in [6.07, 6.45) is -4.31. The van der Waals surface area contributed by atoms with Gasteiger partial charge in [-0.15, -0.1) is 5.10 Å². The van der Waals surface area contributed by atoms with Crippen LogP contribution in [0.1, 0.15) is 17.8 Å². The molecule has 0 spiro atoms. The molecular weight excluding hydrogens is 413 g/mol. The van der Waals surface area contributed by atoms with E-state index in [1.165, 1.54) is 12.1 Å². The number of hydrogen-bond donors (Lipinski definition) is 3. The number of amides is 1. The Kier molecular flexibility index (Phi) is 5.24. The fourth-order valence-electron chi connectivity index (χ4n) is 2.96. The molecule has 158 valence electrons. The minimum atomic E-state index is -4.48. The molecule has 0 aliphatic rings. The quantitative estimate of drug-likeness (QED) is 0.451. The Hall–Kier alpha value is -4.02. The first-order chi connectivity index (χ1) is 14.8. The minimum absolute atomic E-state index is 0.00525. The molecule has 0 aliphatic heterocycles. The first-order valence-corrected chi connectivity index (χ1v) is 9.17. The van der Waals surface area contributed by atoms with Gasteiger partial charge in [-0.2, -0.15) is 18.2 Å². The van der Waals surface area contributed by atoms with E-state index < -0.39 is 17.6 Å². The van der Waals surface area contributed by atoms with Gasteiger partial charge >= 0.3 is 6.18 Å². The maximum atomic E-state index is 12.9. The number of halogens is 3. The predicted molar refractivity (Wildman–Crippen MR) is 106 cm³/mol. The summed E-state index contributed by atoms with van der Waals surface area (Å²) in [5, 5.41) is 9.24. The van der Waals surface area contributed by atoms with Crippen LogP contribution in [0, 0.1) is 0 Å². The van der Waals surface area contributed by atoms with Gasteiger partial charge < -0.3 is 4.98 Å². The molecule has 2 heterocycles. The molecule has 3 N–H and O–H groups in total. The van der Waals surface area contributed by atoms with Crippen LogP contribution < -0.4 is 10.9 Å². The van der Waals surface area contributed by atoms with E-state index in [2.05, 4.69) is 30.5 Å². The summed E-state index contributed by atoms with van der Waals surface area (Å²) in [4.78, 5) is 35.2. The van der Waals surface area contributed by atoms with Crippen LogP contribution in [0.5, 0.6) is 0 Å². The average molecular weight is 428 g/mol. The number of alkyl halides is 3. The van der Waals surface area contributed by atoms with Crippen molar-refractivity contribution in [3.63, 3.8) is 0 Å². The van der Waals surface area contributed by atoms with Crippen LogP contribution in [0.25, 0.3) is 22.3 Å². The van der Waals surface area contributed by atoms with E-state index in [4.69, 9.17) is 0 Å². The normalized spacial score (nSPS) is 11.6. The second kappa shape index (κ2) is 8.01. The molecule has 4 rings (SSSR count). The number of benzene rings is 2. The Balaban J connectivity index is 1.41. The number of aromatic nitrogens is 5. The zero-order valence-corrected chi connectivity index (χ0v) is 15.8. The molecule has 11 heteroatoms. The van der Waals surface area contributed by atoms with Crippen molar-refractivity contribution < 1.29 is 18.0 Å². The number of nitrogens with zero attached hydrogens (tertiary/aromatic N) is 3. The van der Waals surface area contributed by atoms with Gasteiger partial charge in [0.25, 0.3) is 5.56 Å². The molecule has 0 bridgehead atoms. The molecule has 0 fully saturated rings. The maximum Gasteiger partial charge on any atom is 0.416 e. The lowest BCUT2D eigenvalue weighted by atomic mass is 10.1. The van der Waals surface area contributed by atoms with E-state index >= 15 is 0 Å². The van der Waals surface area contributed by atoms with Gasteiger partial charge in [0.15, 0.2) is 5.82 Å². The van der Waals surface area contributed by atoms with Gasteiger partial charge in [0, 0.05) is 18.4 Å². The summed E-state index contributed by atoms with van der Waals surface area (Å²) in [7, 11) is 0. The van der Waals surface area contributed by atoms with Crippen molar-refractivity contribution in [1.29, 1.82) is 0 Å². The van der Waals surface area contributed by atoms with Crippen LogP contribution in [-0.4, -0.2) is 31.1 Å². The minimum Gasteiger partial charge on any atom is -0.310 e. The number of fused-ring (bicyclic) bond motifs is 1. The number of rotatable bonds is 5. The van der Waals surface area contributed by atoms with Gasteiger partial charge in [-0.3, -0.25) is 20.0 Å². The Bertz CT molecular complexity index is 1310. The van der Waals surface area contributed by atoms with Crippen LogP contribution in [-0.2, 0) is 17.4 Å². The second-order valence-corrected chi connectivity index (χ2v) is 6.66. The Labute approximate surface area is 172 Å². The average Bonchev–Trinajstić information content (AvgIpc) is 3.20. The van der Waals surface area contributed by atoms with Crippen molar-refractivity contribution in [2.24, 2.45) is 0 Å². The van der Waals surface area contributed by atoms with Crippen molar-refractivity contribution in [3.8, 4) is 11.4 Å². The van der Waals surface area contributed by atoms with Crippen molar-refractivity contribution in [2.75, 3.05) is 5.32 Å². The molecule has 1 amide bonds. The number of para-hydroxylation sites is 1. The summed E-state index contributed by atoms with van der Waals surface area (Å²) in [5.41, 5.74) is -0.397. The van der Waals surface area contributed by atoms with E-state index in [-0.39, 0.29) is 35.7 Å². The Morgan fingerprint density at radius 2 is 1.87 bits per heavy atom. The summed E-state index contributed by atoms with van der Waals surface area (Å²) in [6.45, 7) is 0. The molecule has 2 aromatic carbocycles. The predicted octanol–water partition coefficient (Wildman–Crippen LogP) is 3.30. The monoisotopic (exact) mass is 428 g/mol. The molecule has 0 unspecified atom stereocenters. The first kappa shape index (κ1) is 20.3. The number of aromatic amines is 2. The Morgan fingerprint density at radius 3 is 2.68 bits per heavy atom. The van der Waals surface area contributed by atoms with Crippen LogP contribution in [0.2, 0.25) is 0 Å². The molecule has 0 saturated carbocycles. The molecule has 0 aliphatic carbocycles. The van der Waals surface area contributed by atoms with E-state index in [0.717, 1.165) is 12.1 Å². The Morgan fingerprint density at radius 1 is 1.06 bits per heavy atom. The van der Waals surface area contributed by atoms with Gasteiger partial charge in [0.2, 0.25) is 11.9 Å². The lowest BCUT2D eigenvalue weighted by Crippen LogP contribution is -2.16. The summed E-state index contributed by atoms with van der Waals surface area (Å²) in [5.74, 6) is -0.0665. The smallest absolute Gasteiger partial charge is 0.310 e. The van der Waals surface area contributed by atoms with Crippen molar-refractivity contribution in [2.45, 2.75) is 19.0 Å². The summed E-state index contributed by atoms with van der Waals surface area (Å²) in [6, 6.07) is 11.5. The van der Waals surface area contributed by atoms with Crippen LogP contribution in [0.4, 0.5) is 19.1 Å². The van der Waals surface area contributed by atoms with Crippen LogP contribution in [0.3, 0.4) is 0 Å². The van der Waals surface area contributed by atoms with E-state index in [1.54, 1.807) is 24.3 Å². The summed E-state index contributed by atoms with van der Waals surface area (Å²) >= 11 is 0.